The first-order chi connectivity index (χ1) is 3.30. The molecule has 0 fully saturated rings. The summed E-state index contributed by atoms with van der Waals surface area (Å²) in [5.41, 5.74) is 0. The maximum Gasteiger partial charge on any atom is 0.258 e. The molecule has 0 atom stereocenters. The van der Waals surface area contributed by atoms with Crippen molar-refractivity contribution < 1.29 is 4.79 Å². The van der Waals surface area contributed by atoms with Gasteiger partial charge in [0.25, 0.3) is 5.91 Å². The molecule has 1 heterocycles. The van der Waals surface area contributed by atoms with Gasteiger partial charge in [-0.15, -0.1) is 0 Å². The molecule has 0 unspecified atom stereocenters. The summed E-state index contributed by atoms with van der Waals surface area (Å²) in [7, 11) is 0. The molecule has 0 aromatic heterocycles. The lowest BCUT2D eigenvalue weighted by molar-refractivity contribution is -0.123. The first kappa shape index (κ1) is 4.77. The van der Waals surface area contributed by atoms with Crippen molar-refractivity contribution in [1.82, 2.24) is 4.03 Å². The van der Waals surface area contributed by atoms with Crippen LogP contribution >= 0.6 is 16.1 Å². The van der Waals surface area contributed by atoms with Crippen LogP contribution in [0.3, 0.4) is 0 Å². The normalized spacial score (nSPS) is 19.0. The van der Waals surface area contributed by atoms with Gasteiger partial charge in [-0.05, 0) is 0 Å². The zero-order valence-electron chi connectivity index (χ0n) is 3.47. The second-order valence-electron chi connectivity index (χ2n) is 1.16. The summed E-state index contributed by atoms with van der Waals surface area (Å²) in [6, 6.07) is 0. The van der Waals surface area contributed by atoms with E-state index in [0.717, 1.165) is 4.03 Å². The average Bonchev–Trinajstić information content (AvgIpc) is 1.91. The molecule has 0 spiro atoms. The number of halogens is 1. The van der Waals surface area contributed by atoms with E-state index in [2.05, 4.69) is 21.2 Å². The molecule has 0 N–H and O–H groups in total. The number of hydrogen-bond acceptors (Lipinski definition) is 2. The molecule has 0 bridgehead atoms. The van der Waals surface area contributed by atoms with Crippen LogP contribution < -0.4 is 0 Å². The third kappa shape index (κ3) is 0.796. The van der Waals surface area contributed by atoms with Crippen LogP contribution in [0, 0.1) is 0 Å². The van der Waals surface area contributed by atoms with Crippen LogP contribution in [0.5, 0.6) is 0 Å². The molecule has 1 amide bonds. The standard InChI is InChI=1S/C3H3BrN2O/c4-6-3(7)1-2-5-6/h2H,1H2. The lowest BCUT2D eigenvalue weighted by Crippen LogP contribution is -2.06. The minimum atomic E-state index is -0.0139. The van der Waals surface area contributed by atoms with E-state index in [0.29, 0.717) is 6.42 Å². The van der Waals surface area contributed by atoms with E-state index in [1.54, 1.807) is 6.21 Å². The van der Waals surface area contributed by atoms with Gasteiger partial charge in [-0.1, -0.05) is 0 Å². The van der Waals surface area contributed by atoms with E-state index in [4.69, 9.17) is 0 Å². The molecule has 0 saturated carbocycles. The Bertz CT molecular complexity index is 122. The van der Waals surface area contributed by atoms with Gasteiger partial charge in [0.05, 0.1) is 22.6 Å². The third-order valence-electron chi connectivity index (χ3n) is 0.655. The molecule has 4 heteroatoms. The number of hydrogen-bond donors (Lipinski definition) is 0. The number of hydrazone groups is 1. The fourth-order valence-electron chi connectivity index (χ4n) is 0.330. The lowest BCUT2D eigenvalue weighted by atomic mass is 10.5. The van der Waals surface area contributed by atoms with Crippen molar-refractivity contribution in [3.05, 3.63) is 0 Å². The van der Waals surface area contributed by atoms with Gasteiger partial charge in [-0.3, -0.25) is 4.79 Å². The van der Waals surface area contributed by atoms with Crippen LogP contribution in [-0.4, -0.2) is 16.2 Å². The molecular weight excluding hydrogens is 160 g/mol. The van der Waals surface area contributed by atoms with Crippen molar-refractivity contribution in [2.24, 2.45) is 5.10 Å². The summed E-state index contributed by atoms with van der Waals surface area (Å²) >= 11 is 2.89. The van der Waals surface area contributed by atoms with E-state index in [1.165, 1.54) is 0 Å². The Balaban J connectivity index is 2.62. The van der Waals surface area contributed by atoms with Gasteiger partial charge >= 0.3 is 0 Å². The first-order valence-corrected chi connectivity index (χ1v) is 2.53. The summed E-state index contributed by atoms with van der Waals surface area (Å²) in [4.78, 5) is 10.3. The van der Waals surface area contributed by atoms with E-state index < -0.39 is 0 Å². The van der Waals surface area contributed by atoms with E-state index in [9.17, 15) is 4.79 Å². The Kier molecular flexibility index (Phi) is 1.10. The molecule has 1 aliphatic heterocycles. The Hall–Kier alpha value is -0.380. The van der Waals surface area contributed by atoms with Crippen LogP contribution in [0.1, 0.15) is 6.42 Å². The van der Waals surface area contributed by atoms with Gasteiger partial charge in [0, 0.05) is 6.21 Å². The average molecular weight is 163 g/mol. The quantitative estimate of drug-likeness (QED) is 0.479. The zero-order chi connectivity index (χ0) is 5.28. The fourth-order valence-corrected chi connectivity index (χ4v) is 0.605. The fraction of sp³-hybridized carbons (Fsp3) is 0.333. The monoisotopic (exact) mass is 162 g/mol. The molecule has 38 valence electrons. The van der Waals surface area contributed by atoms with Crippen molar-refractivity contribution in [1.29, 1.82) is 0 Å². The Morgan fingerprint density at radius 2 is 2.71 bits per heavy atom. The summed E-state index contributed by atoms with van der Waals surface area (Å²) in [6.07, 6.45) is 1.97. The van der Waals surface area contributed by atoms with Crippen molar-refractivity contribution in [2.45, 2.75) is 6.42 Å². The number of nitrogens with zero attached hydrogens (tertiary/aromatic N) is 2. The highest BCUT2D eigenvalue weighted by Gasteiger charge is 2.11. The van der Waals surface area contributed by atoms with Crippen LogP contribution in [-0.2, 0) is 4.79 Å². The SMILES string of the molecule is O=C1CC=NN1Br. The van der Waals surface area contributed by atoms with Crippen molar-refractivity contribution >= 4 is 28.3 Å². The van der Waals surface area contributed by atoms with Gasteiger partial charge in [0.1, 0.15) is 0 Å². The predicted octanol–water partition coefficient (Wildman–Crippen LogP) is 0.514. The molecule has 0 saturated heterocycles. The topological polar surface area (TPSA) is 32.7 Å². The van der Waals surface area contributed by atoms with Gasteiger partial charge < -0.3 is 0 Å². The molecule has 3 nitrogen and oxygen atoms in total. The van der Waals surface area contributed by atoms with Crippen LogP contribution in [0.4, 0.5) is 0 Å². The summed E-state index contributed by atoms with van der Waals surface area (Å²) < 4.78 is 1.15. The minimum absolute atomic E-state index is 0.0139. The second-order valence-corrected chi connectivity index (χ2v) is 1.83. The number of amides is 1. The second kappa shape index (κ2) is 1.61. The van der Waals surface area contributed by atoms with E-state index in [-0.39, 0.29) is 5.91 Å². The van der Waals surface area contributed by atoms with Gasteiger partial charge in [-0.2, -0.15) is 9.14 Å². The smallest absolute Gasteiger partial charge is 0.258 e. The minimum Gasteiger partial charge on any atom is -0.272 e. The summed E-state index contributed by atoms with van der Waals surface area (Å²) in [5.74, 6) is -0.0139. The van der Waals surface area contributed by atoms with Crippen molar-refractivity contribution in [2.75, 3.05) is 0 Å². The largest absolute Gasteiger partial charge is 0.272 e. The molecule has 0 aliphatic carbocycles. The molecule has 1 rings (SSSR count). The summed E-state index contributed by atoms with van der Waals surface area (Å²) in [6.45, 7) is 0. The molecule has 0 aromatic rings. The van der Waals surface area contributed by atoms with E-state index >= 15 is 0 Å². The maximum absolute atomic E-state index is 10.3. The predicted molar refractivity (Wildman–Crippen MR) is 28.9 cm³/mol. The van der Waals surface area contributed by atoms with Gasteiger partial charge in [0.2, 0.25) is 0 Å². The lowest BCUT2D eigenvalue weighted by Gasteiger charge is -1.94. The van der Waals surface area contributed by atoms with Gasteiger partial charge in [-0.25, -0.2) is 0 Å². The van der Waals surface area contributed by atoms with Crippen LogP contribution in [0.15, 0.2) is 5.10 Å². The molecule has 1 aliphatic rings. The van der Waals surface area contributed by atoms with Crippen LogP contribution in [0.25, 0.3) is 0 Å². The Morgan fingerprint density at radius 3 is 2.86 bits per heavy atom. The Labute approximate surface area is 49.3 Å². The van der Waals surface area contributed by atoms with Crippen molar-refractivity contribution in [3.63, 3.8) is 0 Å². The highest BCUT2D eigenvalue weighted by Crippen LogP contribution is 2.05. The molecule has 0 aromatic carbocycles. The first-order valence-electron chi connectivity index (χ1n) is 1.82. The molecule has 7 heavy (non-hydrogen) atoms. The highest BCUT2D eigenvalue weighted by atomic mass is 79.9. The van der Waals surface area contributed by atoms with E-state index in [1.807, 2.05) is 0 Å². The van der Waals surface area contributed by atoms with Crippen LogP contribution in [0.2, 0.25) is 0 Å². The van der Waals surface area contributed by atoms with Gasteiger partial charge in [0.15, 0.2) is 0 Å². The van der Waals surface area contributed by atoms with Crippen molar-refractivity contribution in [3.8, 4) is 0 Å². The molecule has 0 radical (unpaired) electrons. The Morgan fingerprint density at radius 1 is 2.00 bits per heavy atom. The third-order valence-corrected chi connectivity index (χ3v) is 1.23. The number of rotatable bonds is 0. The summed E-state index contributed by atoms with van der Waals surface area (Å²) in [5, 5.41) is 3.59. The zero-order valence-corrected chi connectivity index (χ0v) is 5.05. The number of carbonyl (C=O) groups excluding carboxylic acids is 1. The maximum atomic E-state index is 10.3. The molecular formula is C3H3BrN2O. The number of carbonyl (C=O) groups is 1. The highest BCUT2D eigenvalue weighted by molar-refractivity contribution is 9.07.